The number of hydrogen-bond donors (Lipinski definition) is 0. The smallest absolute Gasteiger partial charge is 0.276 e. The molecule has 2 aromatic heterocycles. The Morgan fingerprint density at radius 1 is 1.00 bits per heavy atom. The molecule has 0 spiro atoms. The monoisotopic (exact) mass is 349 g/mol. The van der Waals surface area contributed by atoms with Crippen LogP contribution in [-0.2, 0) is 0 Å². The number of benzene rings is 1. The van der Waals surface area contributed by atoms with Gasteiger partial charge in [-0.25, -0.2) is 4.68 Å². The zero-order chi connectivity index (χ0) is 17.9. The third kappa shape index (κ3) is 3.26. The molecule has 3 heterocycles. The molecule has 0 saturated carbocycles. The van der Waals surface area contributed by atoms with Crippen LogP contribution in [0.1, 0.15) is 16.1 Å². The molecule has 8 heteroatoms. The summed E-state index contributed by atoms with van der Waals surface area (Å²) < 4.78 is 1.63. The van der Waals surface area contributed by atoms with E-state index in [0.717, 1.165) is 24.6 Å². The molecule has 1 saturated heterocycles. The second-order valence-corrected chi connectivity index (χ2v) is 6.25. The summed E-state index contributed by atoms with van der Waals surface area (Å²) >= 11 is 0. The van der Waals surface area contributed by atoms with E-state index in [0.29, 0.717) is 18.8 Å². The summed E-state index contributed by atoms with van der Waals surface area (Å²) in [6, 6.07) is 11.7. The molecule has 26 heavy (non-hydrogen) atoms. The van der Waals surface area contributed by atoms with Crippen molar-refractivity contribution < 1.29 is 4.79 Å². The number of carbonyl (C=O) groups is 1. The number of hydrogen-bond acceptors (Lipinski definition) is 6. The van der Waals surface area contributed by atoms with Crippen LogP contribution in [0.2, 0.25) is 0 Å². The van der Waals surface area contributed by atoms with Crippen LogP contribution in [0.5, 0.6) is 0 Å². The van der Waals surface area contributed by atoms with Gasteiger partial charge in [-0.05, 0) is 31.2 Å². The molecule has 3 aromatic rings. The van der Waals surface area contributed by atoms with E-state index in [2.05, 4.69) is 25.4 Å². The fourth-order valence-corrected chi connectivity index (χ4v) is 2.95. The zero-order valence-electron chi connectivity index (χ0n) is 14.5. The maximum atomic E-state index is 12.7. The summed E-state index contributed by atoms with van der Waals surface area (Å²) in [5.41, 5.74) is 2.42. The molecule has 8 nitrogen and oxygen atoms in total. The minimum Gasteiger partial charge on any atom is -0.352 e. The van der Waals surface area contributed by atoms with Gasteiger partial charge in [0.05, 0.1) is 11.9 Å². The van der Waals surface area contributed by atoms with Gasteiger partial charge in [0.15, 0.2) is 11.5 Å². The van der Waals surface area contributed by atoms with Gasteiger partial charge < -0.3 is 9.80 Å². The molecule has 0 atom stereocenters. The molecule has 1 aliphatic rings. The average Bonchev–Trinajstić information content (AvgIpc) is 3.19. The maximum Gasteiger partial charge on any atom is 0.276 e. The van der Waals surface area contributed by atoms with Gasteiger partial charge in [0.1, 0.15) is 0 Å². The van der Waals surface area contributed by atoms with Crippen molar-refractivity contribution in [2.45, 2.75) is 6.92 Å². The number of carbonyl (C=O) groups excluding carboxylic acids is 1. The first-order chi connectivity index (χ1) is 12.7. The van der Waals surface area contributed by atoms with E-state index < -0.39 is 0 Å². The second-order valence-electron chi connectivity index (χ2n) is 6.25. The first-order valence-electron chi connectivity index (χ1n) is 8.52. The molecule has 132 valence electrons. The Balaban J connectivity index is 1.42. The van der Waals surface area contributed by atoms with Crippen LogP contribution in [0.4, 0.5) is 5.82 Å². The van der Waals surface area contributed by atoms with Gasteiger partial charge in [0.25, 0.3) is 5.91 Å². The van der Waals surface area contributed by atoms with E-state index in [1.807, 2.05) is 43.3 Å². The lowest BCUT2D eigenvalue weighted by Crippen LogP contribution is -2.49. The van der Waals surface area contributed by atoms with Crippen LogP contribution in [0.15, 0.2) is 48.8 Å². The Kier molecular flexibility index (Phi) is 4.30. The molecule has 0 bridgehead atoms. The maximum absolute atomic E-state index is 12.7. The molecule has 0 aliphatic carbocycles. The highest BCUT2D eigenvalue weighted by Gasteiger charge is 2.24. The number of aryl methyl sites for hydroxylation is 1. The minimum atomic E-state index is -0.0952. The number of piperazine rings is 1. The van der Waals surface area contributed by atoms with Crippen LogP contribution in [-0.4, -0.2) is 62.2 Å². The van der Waals surface area contributed by atoms with Gasteiger partial charge in [-0.3, -0.25) is 4.79 Å². The van der Waals surface area contributed by atoms with Crippen molar-refractivity contribution in [3.8, 4) is 5.69 Å². The molecule has 0 radical (unpaired) electrons. The van der Waals surface area contributed by atoms with E-state index in [1.54, 1.807) is 22.0 Å². The molecule has 1 fully saturated rings. The Morgan fingerprint density at radius 3 is 2.46 bits per heavy atom. The lowest BCUT2D eigenvalue weighted by molar-refractivity contribution is 0.0740. The predicted molar refractivity (Wildman–Crippen MR) is 96.2 cm³/mol. The normalized spacial score (nSPS) is 14.5. The number of amides is 1. The van der Waals surface area contributed by atoms with Gasteiger partial charge >= 0.3 is 0 Å². The molecule has 0 N–H and O–H groups in total. The third-order valence-electron chi connectivity index (χ3n) is 4.46. The van der Waals surface area contributed by atoms with Crippen molar-refractivity contribution in [3.63, 3.8) is 0 Å². The highest BCUT2D eigenvalue weighted by molar-refractivity contribution is 5.92. The molecular formula is C18H19N7O. The van der Waals surface area contributed by atoms with Gasteiger partial charge in [-0.1, -0.05) is 22.9 Å². The quantitative estimate of drug-likeness (QED) is 0.710. The minimum absolute atomic E-state index is 0.0952. The average molecular weight is 349 g/mol. The summed E-state index contributed by atoms with van der Waals surface area (Å²) in [6.45, 7) is 4.70. The van der Waals surface area contributed by atoms with E-state index >= 15 is 0 Å². The molecule has 1 amide bonds. The van der Waals surface area contributed by atoms with E-state index in [4.69, 9.17) is 0 Å². The third-order valence-corrected chi connectivity index (χ3v) is 4.46. The Bertz CT molecular complexity index is 883. The SMILES string of the molecule is Cc1ccc(-n2cc(C(=O)N3CCN(c4cccnn4)CC3)nn2)cc1. The largest absolute Gasteiger partial charge is 0.352 e. The predicted octanol–water partition coefficient (Wildman–Crippen LogP) is 1.33. The Morgan fingerprint density at radius 2 is 1.77 bits per heavy atom. The second kappa shape index (κ2) is 6.91. The number of aromatic nitrogens is 5. The lowest BCUT2D eigenvalue weighted by Gasteiger charge is -2.34. The summed E-state index contributed by atoms with van der Waals surface area (Å²) in [5, 5.41) is 16.2. The van der Waals surface area contributed by atoms with E-state index in [1.165, 1.54) is 5.56 Å². The van der Waals surface area contributed by atoms with Crippen LogP contribution >= 0.6 is 0 Å². The molecule has 1 aromatic carbocycles. The fraction of sp³-hybridized carbons (Fsp3) is 0.278. The lowest BCUT2D eigenvalue weighted by atomic mass is 10.2. The highest BCUT2D eigenvalue weighted by Crippen LogP contribution is 2.14. The van der Waals surface area contributed by atoms with Crippen molar-refractivity contribution in [2.75, 3.05) is 31.1 Å². The zero-order valence-corrected chi connectivity index (χ0v) is 14.5. The van der Waals surface area contributed by atoms with Crippen molar-refractivity contribution >= 4 is 11.7 Å². The van der Waals surface area contributed by atoms with Crippen LogP contribution in [0.3, 0.4) is 0 Å². The van der Waals surface area contributed by atoms with Gasteiger partial charge in [-0.15, -0.1) is 10.2 Å². The van der Waals surface area contributed by atoms with Gasteiger partial charge in [-0.2, -0.15) is 5.10 Å². The summed E-state index contributed by atoms with van der Waals surface area (Å²) in [7, 11) is 0. The topological polar surface area (TPSA) is 80.0 Å². The van der Waals surface area contributed by atoms with Crippen molar-refractivity contribution in [2.24, 2.45) is 0 Å². The standard InChI is InChI=1S/C18H19N7O/c1-14-4-6-15(7-5-14)25-13-16(20-22-25)18(26)24-11-9-23(10-12-24)17-3-2-8-19-21-17/h2-8,13H,9-12H2,1H3. The number of nitrogens with zero attached hydrogens (tertiary/aromatic N) is 7. The highest BCUT2D eigenvalue weighted by atomic mass is 16.2. The van der Waals surface area contributed by atoms with Crippen molar-refractivity contribution in [3.05, 3.63) is 60.0 Å². The van der Waals surface area contributed by atoms with Crippen LogP contribution in [0.25, 0.3) is 5.69 Å². The van der Waals surface area contributed by atoms with Gasteiger partial charge in [0.2, 0.25) is 0 Å². The first-order valence-corrected chi connectivity index (χ1v) is 8.52. The fourth-order valence-electron chi connectivity index (χ4n) is 2.95. The summed E-state index contributed by atoms with van der Waals surface area (Å²) in [6.07, 6.45) is 3.34. The van der Waals surface area contributed by atoms with E-state index in [9.17, 15) is 4.79 Å². The summed E-state index contributed by atoms with van der Waals surface area (Å²) in [5.74, 6) is 0.743. The van der Waals surface area contributed by atoms with Crippen molar-refractivity contribution in [1.82, 2.24) is 30.1 Å². The Labute approximate surface area is 151 Å². The number of rotatable bonds is 3. The summed E-state index contributed by atoms with van der Waals surface area (Å²) in [4.78, 5) is 16.6. The van der Waals surface area contributed by atoms with Gasteiger partial charge in [0, 0.05) is 32.4 Å². The molecule has 0 unspecified atom stereocenters. The number of anilines is 1. The Hall–Kier alpha value is -3.29. The molecule has 1 aliphatic heterocycles. The van der Waals surface area contributed by atoms with Crippen LogP contribution in [0, 0.1) is 6.92 Å². The molecular weight excluding hydrogens is 330 g/mol. The first kappa shape index (κ1) is 16.2. The van der Waals surface area contributed by atoms with E-state index in [-0.39, 0.29) is 5.91 Å². The van der Waals surface area contributed by atoms with Crippen molar-refractivity contribution in [1.29, 1.82) is 0 Å². The van der Waals surface area contributed by atoms with Crippen LogP contribution < -0.4 is 4.90 Å². The molecule has 4 rings (SSSR count).